The number of anilines is 3. The van der Waals surface area contributed by atoms with Crippen molar-refractivity contribution in [3.8, 4) is 0 Å². The highest BCUT2D eigenvalue weighted by Gasteiger charge is 2.11. The number of rotatable bonds is 6. The minimum atomic E-state index is 0.0343. The summed E-state index contributed by atoms with van der Waals surface area (Å²) in [4.78, 5) is 14.6. The number of nitrogens with zero attached hydrogens (tertiary/aromatic N) is 1. The van der Waals surface area contributed by atoms with Gasteiger partial charge in [-0.1, -0.05) is 6.07 Å². The normalized spacial score (nSPS) is 14.2. The zero-order chi connectivity index (χ0) is 18.4. The van der Waals surface area contributed by atoms with Crippen LogP contribution in [0, 0.1) is 13.8 Å². The number of hydrogen-bond donors (Lipinski definition) is 2. The number of nitrogens with one attached hydrogen (secondary N) is 2. The van der Waals surface area contributed by atoms with Crippen LogP contribution in [0.15, 0.2) is 42.5 Å². The SMILES string of the molecule is Cc1ccc(NCCC(=O)Nc2ccc(N3CCCCC3)cc2)cc1C. The average molecular weight is 351 g/mol. The summed E-state index contributed by atoms with van der Waals surface area (Å²) in [6, 6.07) is 14.5. The van der Waals surface area contributed by atoms with Crippen LogP contribution in [0.4, 0.5) is 17.1 Å². The molecule has 0 aliphatic carbocycles. The third kappa shape index (κ3) is 5.01. The van der Waals surface area contributed by atoms with Gasteiger partial charge in [-0.15, -0.1) is 0 Å². The Morgan fingerprint density at radius 3 is 2.31 bits per heavy atom. The van der Waals surface area contributed by atoms with E-state index in [1.54, 1.807) is 0 Å². The Balaban J connectivity index is 1.44. The summed E-state index contributed by atoms with van der Waals surface area (Å²) in [5.74, 6) is 0.0343. The van der Waals surface area contributed by atoms with Gasteiger partial charge in [0.2, 0.25) is 5.91 Å². The summed E-state index contributed by atoms with van der Waals surface area (Å²) < 4.78 is 0. The maximum absolute atomic E-state index is 12.1. The molecule has 1 aliphatic rings. The number of benzene rings is 2. The van der Waals surface area contributed by atoms with E-state index in [0.29, 0.717) is 13.0 Å². The van der Waals surface area contributed by atoms with Gasteiger partial charge in [0.25, 0.3) is 0 Å². The van der Waals surface area contributed by atoms with Crippen molar-refractivity contribution in [1.82, 2.24) is 0 Å². The molecule has 0 spiro atoms. The van der Waals surface area contributed by atoms with Gasteiger partial charge in [-0.2, -0.15) is 0 Å². The molecule has 138 valence electrons. The predicted octanol–water partition coefficient (Wildman–Crippen LogP) is 4.73. The van der Waals surface area contributed by atoms with Crippen molar-refractivity contribution in [3.05, 3.63) is 53.6 Å². The highest BCUT2D eigenvalue weighted by Crippen LogP contribution is 2.22. The van der Waals surface area contributed by atoms with Gasteiger partial charge in [0.1, 0.15) is 0 Å². The Morgan fingerprint density at radius 2 is 1.62 bits per heavy atom. The Kier molecular flexibility index (Phi) is 6.16. The Bertz CT molecular complexity index is 734. The summed E-state index contributed by atoms with van der Waals surface area (Å²) in [6.07, 6.45) is 4.32. The second-order valence-corrected chi connectivity index (χ2v) is 7.12. The summed E-state index contributed by atoms with van der Waals surface area (Å²) in [5, 5.41) is 6.30. The van der Waals surface area contributed by atoms with E-state index in [9.17, 15) is 4.79 Å². The zero-order valence-corrected chi connectivity index (χ0v) is 15.8. The number of hydrogen-bond acceptors (Lipinski definition) is 3. The molecule has 2 aromatic rings. The van der Waals surface area contributed by atoms with E-state index in [2.05, 4.69) is 59.7 Å². The van der Waals surface area contributed by atoms with Crippen LogP contribution in [0.2, 0.25) is 0 Å². The molecule has 1 aliphatic heterocycles. The monoisotopic (exact) mass is 351 g/mol. The summed E-state index contributed by atoms with van der Waals surface area (Å²) in [5.41, 5.74) is 5.71. The van der Waals surface area contributed by atoms with Gasteiger partial charge in [0.15, 0.2) is 0 Å². The van der Waals surface area contributed by atoms with Gasteiger partial charge in [0, 0.05) is 43.1 Å². The summed E-state index contributed by atoms with van der Waals surface area (Å²) in [7, 11) is 0. The molecule has 4 nitrogen and oxygen atoms in total. The molecule has 2 aromatic carbocycles. The molecule has 1 fully saturated rings. The van der Waals surface area contributed by atoms with Gasteiger partial charge in [-0.3, -0.25) is 4.79 Å². The zero-order valence-electron chi connectivity index (χ0n) is 15.8. The van der Waals surface area contributed by atoms with Gasteiger partial charge in [-0.25, -0.2) is 0 Å². The molecular weight excluding hydrogens is 322 g/mol. The predicted molar refractivity (Wildman–Crippen MR) is 110 cm³/mol. The fraction of sp³-hybridized carbons (Fsp3) is 0.409. The second-order valence-electron chi connectivity index (χ2n) is 7.12. The lowest BCUT2D eigenvalue weighted by molar-refractivity contribution is -0.115. The van der Waals surface area contributed by atoms with Gasteiger partial charge in [-0.05, 0) is 80.6 Å². The third-order valence-electron chi connectivity index (χ3n) is 5.06. The molecule has 0 atom stereocenters. The number of piperidine rings is 1. The summed E-state index contributed by atoms with van der Waals surface area (Å²) >= 11 is 0. The molecule has 0 radical (unpaired) electrons. The number of amides is 1. The first kappa shape index (κ1) is 18.3. The van der Waals surface area contributed by atoms with Crippen molar-refractivity contribution >= 4 is 23.0 Å². The van der Waals surface area contributed by atoms with Crippen LogP contribution in [0.3, 0.4) is 0 Å². The summed E-state index contributed by atoms with van der Waals surface area (Å²) in [6.45, 7) is 7.09. The fourth-order valence-corrected chi connectivity index (χ4v) is 3.30. The van der Waals surface area contributed by atoms with Gasteiger partial charge < -0.3 is 15.5 Å². The molecular formula is C22H29N3O. The first-order chi connectivity index (χ1) is 12.6. The van der Waals surface area contributed by atoms with Crippen LogP contribution in [-0.2, 0) is 4.79 Å². The highest BCUT2D eigenvalue weighted by atomic mass is 16.1. The molecule has 0 bridgehead atoms. The van der Waals surface area contributed by atoms with Crippen LogP contribution in [0.5, 0.6) is 0 Å². The van der Waals surface area contributed by atoms with Crippen LogP contribution in [-0.4, -0.2) is 25.5 Å². The van der Waals surface area contributed by atoms with Crippen molar-refractivity contribution in [3.63, 3.8) is 0 Å². The van der Waals surface area contributed by atoms with E-state index in [4.69, 9.17) is 0 Å². The highest BCUT2D eigenvalue weighted by molar-refractivity contribution is 5.91. The van der Waals surface area contributed by atoms with E-state index in [1.165, 1.54) is 36.1 Å². The molecule has 26 heavy (non-hydrogen) atoms. The Morgan fingerprint density at radius 1 is 0.923 bits per heavy atom. The maximum atomic E-state index is 12.1. The lowest BCUT2D eigenvalue weighted by atomic mass is 10.1. The van der Waals surface area contributed by atoms with E-state index in [1.807, 2.05) is 12.1 Å². The molecule has 0 saturated carbocycles. The minimum absolute atomic E-state index is 0.0343. The molecule has 0 aromatic heterocycles. The lowest BCUT2D eigenvalue weighted by Gasteiger charge is -2.28. The van der Waals surface area contributed by atoms with Crippen LogP contribution < -0.4 is 15.5 Å². The topological polar surface area (TPSA) is 44.4 Å². The molecule has 0 unspecified atom stereocenters. The number of carbonyl (C=O) groups excluding carboxylic acids is 1. The smallest absolute Gasteiger partial charge is 0.226 e. The van der Waals surface area contributed by atoms with Crippen molar-refractivity contribution in [2.24, 2.45) is 0 Å². The van der Waals surface area contributed by atoms with Crippen LogP contribution in [0.25, 0.3) is 0 Å². The van der Waals surface area contributed by atoms with Crippen molar-refractivity contribution in [2.75, 3.05) is 35.2 Å². The van der Waals surface area contributed by atoms with Crippen molar-refractivity contribution in [1.29, 1.82) is 0 Å². The minimum Gasteiger partial charge on any atom is -0.385 e. The van der Waals surface area contributed by atoms with Crippen molar-refractivity contribution in [2.45, 2.75) is 39.5 Å². The molecule has 1 saturated heterocycles. The average Bonchev–Trinajstić information content (AvgIpc) is 2.66. The van der Waals surface area contributed by atoms with Gasteiger partial charge >= 0.3 is 0 Å². The van der Waals surface area contributed by atoms with E-state index >= 15 is 0 Å². The third-order valence-corrected chi connectivity index (χ3v) is 5.06. The first-order valence-electron chi connectivity index (χ1n) is 9.58. The molecule has 1 heterocycles. The van der Waals surface area contributed by atoms with Gasteiger partial charge in [0.05, 0.1) is 0 Å². The molecule has 3 rings (SSSR count). The van der Waals surface area contributed by atoms with E-state index < -0.39 is 0 Å². The number of carbonyl (C=O) groups is 1. The van der Waals surface area contributed by atoms with Crippen LogP contribution >= 0.6 is 0 Å². The van der Waals surface area contributed by atoms with E-state index in [0.717, 1.165) is 24.5 Å². The molecule has 4 heteroatoms. The van der Waals surface area contributed by atoms with Crippen LogP contribution in [0.1, 0.15) is 36.8 Å². The molecule has 2 N–H and O–H groups in total. The number of aryl methyl sites for hydroxylation is 2. The Labute approximate surface area is 156 Å². The fourth-order valence-electron chi connectivity index (χ4n) is 3.30. The largest absolute Gasteiger partial charge is 0.385 e. The quantitative estimate of drug-likeness (QED) is 0.790. The maximum Gasteiger partial charge on any atom is 0.226 e. The second kappa shape index (κ2) is 8.75. The standard InChI is InChI=1S/C22H29N3O/c1-17-6-7-20(16-18(17)2)23-13-12-22(26)24-19-8-10-21(11-9-19)25-14-4-3-5-15-25/h6-11,16,23H,3-5,12-15H2,1-2H3,(H,24,26). The first-order valence-corrected chi connectivity index (χ1v) is 9.58. The van der Waals surface area contributed by atoms with Crippen molar-refractivity contribution < 1.29 is 4.79 Å². The molecule has 1 amide bonds. The lowest BCUT2D eigenvalue weighted by Crippen LogP contribution is -2.29. The Hall–Kier alpha value is -2.49. The van der Waals surface area contributed by atoms with E-state index in [-0.39, 0.29) is 5.91 Å².